The van der Waals surface area contributed by atoms with Crippen molar-refractivity contribution in [2.45, 2.75) is 53.6 Å². The number of fused-ring (bicyclic) bond motifs is 2. The molecule has 0 N–H and O–H groups in total. The van der Waals surface area contributed by atoms with Gasteiger partial charge in [0.05, 0.1) is 0 Å². The largest absolute Gasteiger partial charge is 1.00 e. The van der Waals surface area contributed by atoms with Crippen molar-refractivity contribution < 1.29 is 48.1 Å². The van der Waals surface area contributed by atoms with Crippen molar-refractivity contribution in [1.82, 2.24) is 0 Å². The minimum absolute atomic E-state index is 0. The van der Waals surface area contributed by atoms with Crippen LogP contribution in [0.25, 0.3) is 21.5 Å². The van der Waals surface area contributed by atoms with E-state index in [4.69, 9.17) is 0 Å². The minimum atomic E-state index is 0. The molecule has 0 aliphatic carbocycles. The Hall–Kier alpha value is -0.660. The molecule has 30 heavy (non-hydrogen) atoms. The molecule has 0 fully saturated rings. The molecule has 0 unspecified atom stereocenters. The molecular weight excluding hydrogens is 503 g/mol. The first-order chi connectivity index (χ1) is 13.3. The summed E-state index contributed by atoms with van der Waals surface area (Å²) in [4.78, 5) is 0. The zero-order valence-electron chi connectivity index (χ0n) is 18.9. The maximum atomic E-state index is 2.30. The van der Waals surface area contributed by atoms with Gasteiger partial charge in [0.25, 0.3) is 0 Å². The first-order valence-electron chi connectivity index (χ1n) is 10.2. The summed E-state index contributed by atoms with van der Waals surface area (Å²) in [5.74, 6) is 0. The van der Waals surface area contributed by atoms with E-state index < -0.39 is 0 Å². The Morgan fingerprint density at radius 3 is 1.33 bits per heavy atom. The Bertz CT molecular complexity index is 975. The molecule has 0 saturated carbocycles. The number of benzene rings is 2. The van der Waals surface area contributed by atoms with Crippen LogP contribution in [0.3, 0.4) is 0 Å². The van der Waals surface area contributed by atoms with E-state index in [1.807, 2.05) is 0 Å². The van der Waals surface area contributed by atoms with Crippen LogP contribution in [0.5, 0.6) is 0 Å². The van der Waals surface area contributed by atoms with Gasteiger partial charge in [0, 0.05) is 0 Å². The molecule has 0 heterocycles. The van der Waals surface area contributed by atoms with E-state index >= 15 is 0 Å². The van der Waals surface area contributed by atoms with Gasteiger partial charge in [0.15, 0.2) is 0 Å². The number of aryl methyl sites for hydroxylation is 4. The molecule has 0 aliphatic heterocycles. The van der Waals surface area contributed by atoms with Crippen molar-refractivity contribution in [2.75, 3.05) is 0 Å². The van der Waals surface area contributed by atoms with Gasteiger partial charge in [-0.05, 0) is 13.8 Å². The van der Waals surface area contributed by atoms with E-state index in [0.29, 0.717) is 0 Å². The number of halogens is 2. The molecule has 4 rings (SSSR count). The molecule has 0 aliphatic rings. The minimum Gasteiger partial charge on any atom is -1.00 e. The van der Waals surface area contributed by atoms with E-state index in [1.54, 1.807) is 23.3 Å². The summed E-state index contributed by atoms with van der Waals surface area (Å²) < 4.78 is 0. The van der Waals surface area contributed by atoms with Crippen molar-refractivity contribution in [3.05, 3.63) is 82.9 Å². The van der Waals surface area contributed by atoms with Crippen LogP contribution in [0.2, 0.25) is 12.1 Å². The van der Waals surface area contributed by atoms with Gasteiger partial charge in [0.2, 0.25) is 0 Å². The van der Waals surface area contributed by atoms with Gasteiger partial charge in [-0.15, -0.1) is 69.1 Å². The molecule has 0 bridgehead atoms. The summed E-state index contributed by atoms with van der Waals surface area (Å²) >= 11 is 1.80. The first-order valence-corrected chi connectivity index (χ1v) is 15.8. The molecule has 0 spiro atoms. The Balaban J connectivity index is 0.000000427. The molecule has 160 valence electrons. The van der Waals surface area contributed by atoms with Crippen LogP contribution < -0.4 is 24.8 Å². The molecule has 0 aromatic heterocycles. The van der Waals surface area contributed by atoms with Crippen molar-refractivity contribution >= 4 is 27.0 Å². The first kappa shape index (κ1) is 29.3. The predicted octanol–water partition coefficient (Wildman–Crippen LogP) is 1.92. The van der Waals surface area contributed by atoms with Gasteiger partial charge in [-0.3, -0.25) is 0 Å². The number of rotatable bonds is 2. The van der Waals surface area contributed by atoms with Crippen LogP contribution in [0.1, 0.15) is 36.1 Å². The Kier molecular flexibility index (Phi) is 14.1. The third kappa shape index (κ3) is 8.46. The monoisotopic (exact) mass is 532 g/mol. The second kappa shape index (κ2) is 14.4. The fourth-order valence-electron chi connectivity index (χ4n) is 3.33. The fourth-order valence-corrected chi connectivity index (χ4v) is 3.83. The van der Waals surface area contributed by atoms with E-state index in [-0.39, 0.29) is 30.2 Å². The molecule has 4 heteroatoms. The van der Waals surface area contributed by atoms with Crippen LogP contribution >= 0.6 is 0 Å². The second-order valence-corrected chi connectivity index (χ2v) is 15.4. The predicted molar refractivity (Wildman–Crippen MR) is 125 cm³/mol. The zero-order chi connectivity index (χ0) is 20.7. The number of hydrogen-bond donors (Lipinski definition) is 0. The van der Waals surface area contributed by atoms with Gasteiger partial charge in [-0.25, -0.2) is 0 Å². The van der Waals surface area contributed by atoms with Gasteiger partial charge in [0.1, 0.15) is 0 Å². The van der Waals surface area contributed by atoms with E-state index in [0.717, 1.165) is 0 Å². The van der Waals surface area contributed by atoms with E-state index in [2.05, 4.69) is 102 Å². The second-order valence-electron chi connectivity index (χ2n) is 7.53. The molecule has 4 aromatic rings. The van der Waals surface area contributed by atoms with Crippen LogP contribution in [0, 0.1) is 27.7 Å². The normalized spacial score (nSPS) is 9.60. The summed E-state index contributed by atoms with van der Waals surface area (Å²) in [5, 5.41) is 5.51. The Morgan fingerprint density at radius 1 is 0.700 bits per heavy atom. The standard InChI is InChI=1S/2C11H11.C4H10Si.2ClH.Zr/c2*1-8-6-10-5-3-4-9(2)11(10)7-8;1-3-5-4-2;;;/h2*3-7H,1-2H3;3-4H2,1-2H3;2*1H;/q2*-1;;;;+2/p-2. The van der Waals surface area contributed by atoms with Gasteiger partial charge < -0.3 is 24.8 Å². The Labute approximate surface area is 210 Å². The summed E-state index contributed by atoms with van der Waals surface area (Å²) in [6.45, 7) is 13.2. The molecule has 4 aromatic carbocycles. The SMILES string of the molecule is CC[Si](=[Zr+2])CC.Cc1cc2c(C)cccc2[cH-]1.Cc1cc2c(C)cccc2[cH-]1.[Cl-].[Cl-]. The molecule has 0 amide bonds. The smallest absolute Gasteiger partial charge is 0.0488 e. The maximum absolute atomic E-state index is 2.30. The molecule has 0 saturated heterocycles. The van der Waals surface area contributed by atoms with E-state index in [1.165, 1.54) is 55.9 Å². The summed E-state index contributed by atoms with van der Waals surface area (Å²) in [6, 6.07) is 24.7. The van der Waals surface area contributed by atoms with E-state index in [9.17, 15) is 0 Å². The van der Waals surface area contributed by atoms with Crippen LogP contribution in [-0.4, -0.2) is 5.43 Å². The average molecular weight is 535 g/mol. The third-order valence-corrected chi connectivity index (χ3v) is 12.0. The van der Waals surface area contributed by atoms with Gasteiger partial charge >= 0.3 is 54.7 Å². The van der Waals surface area contributed by atoms with Crippen LogP contribution in [-0.2, 0) is 23.3 Å². The summed E-state index contributed by atoms with van der Waals surface area (Å²) in [5.41, 5.74) is 5.68. The zero-order valence-corrected chi connectivity index (χ0v) is 23.9. The molecule has 0 radical (unpaired) electrons. The average Bonchev–Trinajstić information content (AvgIpc) is 3.25. The van der Waals surface area contributed by atoms with Crippen LogP contribution in [0.15, 0.2) is 60.7 Å². The van der Waals surface area contributed by atoms with Crippen LogP contribution in [0.4, 0.5) is 0 Å². The van der Waals surface area contributed by atoms with Crippen molar-refractivity contribution in [1.29, 1.82) is 0 Å². The molecule has 0 nitrogen and oxygen atoms in total. The maximum Gasteiger partial charge on any atom is -0.0488 e. The van der Waals surface area contributed by atoms with Gasteiger partial charge in [-0.2, -0.15) is 12.1 Å². The fraction of sp³-hybridized carbons (Fsp3) is 0.308. The topological polar surface area (TPSA) is 0 Å². The Morgan fingerprint density at radius 2 is 1.07 bits per heavy atom. The third-order valence-electron chi connectivity index (χ3n) is 5.08. The number of hydrogen-bond acceptors (Lipinski definition) is 0. The van der Waals surface area contributed by atoms with Crippen molar-refractivity contribution in [2.24, 2.45) is 0 Å². The quantitative estimate of drug-likeness (QED) is 0.272. The van der Waals surface area contributed by atoms with Crippen molar-refractivity contribution in [3.8, 4) is 0 Å². The summed E-state index contributed by atoms with van der Waals surface area (Å²) in [6.07, 6.45) is 0. The molecular formula is C26H32Cl2SiZr-2. The molecule has 0 atom stereocenters. The van der Waals surface area contributed by atoms with Crippen molar-refractivity contribution in [3.63, 3.8) is 0 Å². The summed E-state index contributed by atoms with van der Waals surface area (Å²) in [7, 11) is 0. The van der Waals surface area contributed by atoms with Gasteiger partial charge in [-0.1, -0.05) is 37.1 Å².